The number of nitrogens with zero attached hydrogens (tertiary/aromatic N) is 4. The average molecular weight is 417 g/mol. The molecule has 0 aliphatic carbocycles. The van der Waals surface area contributed by atoms with Gasteiger partial charge in [-0.25, -0.2) is 0 Å². The summed E-state index contributed by atoms with van der Waals surface area (Å²) in [6.45, 7) is 16.6. The van der Waals surface area contributed by atoms with Gasteiger partial charge in [0.25, 0.3) is 0 Å². The number of hydrogen-bond donors (Lipinski definition) is 2. The quantitative estimate of drug-likeness (QED) is 0.659. The predicted molar refractivity (Wildman–Crippen MR) is 114 cm³/mol. The van der Waals surface area contributed by atoms with Gasteiger partial charge in [-0.3, -0.25) is 0 Å². The zero-order valence-corrected chi connectivity index (χ0v) is 19.0. The van der Waals surface area contributed by atoms with E-state index in [1.807, 2.05) is 0 Å². The molecule has 8 heteroatoms. The van der Waals surface area contributed by atoms with Gasteiger partial charge in [-0.15, -0.1) is 0 Å². The van der Waals surface area contributed by atoms with E-state index in [0.717, 1.165) is 26.1 Å². The third-order valence-corrected chi connectivity index (χ3v) is 5.69. The summed E-state index contributed by atoms with van der Waals surface area (Å²) in [6.07, 6.45) is 3.35. The van der Waals surface area contributed by atoms with Gasteiger partial charge in [-0.2, -0.15) is 15.0 Å². The highest BCUT2D eigenvalue weighted by Crippen LogP contribution is 2.37. The van der Waals surface area contributed by atoms with Crippen molar-refractivity contribution in [2.75, 3.05) is 25.0 Å². The van der Waals surface area contributed by atoms with Gasteiger partial charge in [0, 0.05) is 23.7 Å². The van der Waals surface area contributed by atoms with E-state index in [0.29, 0.717) is 17.9 Å². The molecule has 2 heterocycles. The highest BCUT2D eigenvalue weighted by atomic mass is 35.5. The number of piperidine rings is 1. The molecule has 1 aliphatic heterocycles. The molecule has 2 N–H and O–H groups in total. The molecule has 1 aromatic rings. The van der Waals surface area contributed by atoms with Gasteiger partial charge in [0.15, 0.2) is 0 Å². The third-order valence-electron chi connectivity index (χ3n) is 5.35. The maximum atomic E-state index is 5.87. The SMILES string of the molecule is CCN(CC)C(CCNc1nc(Cl)nc(Cl)n1)C1CC(C)(C)NC(C)(C)C1. The van der Waals surface area contributed by atoms with E-state index in [4.69, 9.17) is 23.2 Å². The minimum atomic E-state index is 0.111. The summed E-state index contributed by atoms with van der Waals surface area (Å²) in [4.78, 5) is 14.6. The van der Waals surface area contributed by atoms with Crippen molar-refractivity contribution in [3.05, 3.63) is 10.6 Å². The van der Waals surface area contributed by atoms with Crippen LogP contribution in [0.1, 0.15) is 60.8 Å². The standard InChI is InChI=1S/C19H34Cl2N6/c1-7-27(8-2)14(13-11-18(3,4)26-19(5,6)12-13)9-10-22-17-24-15(20)23-16(21)25-17/h13-14,26H,7-12H2,1-6H3,(H,22,23,24,25). The van der Waals surface area contributed by atoms with Gasteiger partial charge < -0.3 is 15.5 Å². The summed E-state index contributed by atoms with van der Waals surface area (Å²) in [6, 6.07) is 0.501. The van der Waals surface area contributed by atoms with Crippen LogP contribution >= 0.6 is 23.2 Å². The predicted octanol–water partition coefficient (Wildman–Crippen LogP) is 4.25. The Morgan fingerprint density at radius 1 is 1.04 bits per heavy atom. The molecule has 0 spiro atoms. The Bertz CT molecular complexity index is 582. The fourth-order valence-corrected chi connectivity index (χ4v) is 5.18. The maximum absolute atomic E-state index is 5.87. The van der Waals surface area contributed by atoms with E-state index in [2.05, 4.69) is 72.0 Å². The molecule has 0 aromatic carbocycles. The van der Waals surface area contributed by atoms with Crippen molar-refractivity contribution >= 4 is 29.2 Å². The van der Waals surface area contributed by atoms with Crippen LogP contribution in [0.15, 0.2) is 0 Å². The van der Waals surface area contributed by atoms with Crippen molar-refractivity contribution in [1.29, 1.82) is 0 Å². The summed E-state index contributed by atoms with van der Waals surface area (Å²) in [5.41, 5.74) is 0.279. The lowest BCUT2D eigenvalue weighted by Crippen LogP contribution is -2.60. The molecular weight excluding hydrogens is 383 g/mol. The monoisotopic (exact) mass is 416 g/mol. The lowest BCUT2D eigenvalue weighted by atomic mass is 9.72. The van der Waals surface area contributed by atoms with E-state index in [9.17, 15) is 0 Å². The molecule has 154 valence electrons. The number of halogens is 2. The van der Waals surface area contributed by atoms with Crippen molar-refractivity contribution in [3.8, 4) is 0 Å². The molecular formula is C19H34Cl2N6. The zero-order valence-electron chi connectivity index (χ0n) is 17.4. The Morgan fingerprint density at radius 2 is 1.56 bits per heavy atom. The van der Waals surface area contributed by atoms with Gasteiger partial charge in [-0.1, -0.05) is 13.8 Å². The normalized spacial score (nSPS) is 20.6. The molecule has 0 amide bonds. The van der Waals surface area contributed by atoms with Crippen molar-refractivity contribution in [2.45, 2.75) is 77.9 Å². The van der Waals surface area contributed by atoms with Crippen molar-refractivity contribution in [2.24, 2.45) is 5.92 Å². The first-order valence-electron chi connectivity index (χ1n) is 9.89. The second-order valence-corrected chi connectivity index (χ2v) is 9.44. The fraction of sp³-hybridized carbons (Fsp3) is 0.842. The lowest BCUT2D eigenvalue weighted by Gasteiger charge is -2.50. The average Bonchev–Trinajstić information content (AvgIpc) is 2.50. The molecule has 6 nitrogen and oxygen atoms in total. The van der Waals surface area contributed by atoms with Crippen molar-refractivity contribution < 1.29 is 0 Å². The Labute approximate surface area is 173 Å². The first kappa shape index (κ1) is 22.6. The topological polar surface area (TPSA) is 66.0 Å². The van der Waals surface area contributed by atoms with Crippen LogP contribution < -0.4 is 10.6 Å². The van der Waals surface area contributed by atoms with Crippen LogP contribution in [-0.2, 0) is 0 Å². The number of anilines is 1. The highest BCUT2D eigenvalue weighted by Gasteiger charge is 2.41. The molecule has 0 radical (unpaired) electrons. The molecule has 0 saturated carbocycles. The number of aromatic nitrogens is 3. The molecule has 1 aliphatic rings. The summed E-state index contributed by atoms with van der Waals surface area (Å²) in [7, 11) is 0. The van der Waals surface area contributed by atoms with Gasteiger partial charge in [0.05, 0.1) is 0 Å². The number of nitrogens with one attached hydrogen (secondary N) is 2. The van der Waals surface area contributed by atoms with Crippen LogP contribution in [0.4, 0.5) is 5.95 Å². The largest absolute Gasteiger partial charge is 0.354 e. The minimum absolute atomic E-state index is 0.111. The van der Waals surface area contributed by atoms with Gasteiger partial charge in [0.2, 0.25) is 16.5 Å². The van der Waals surface area contributed by atoms with E-state index in [-0.39, 0.29) is 21.6 Å². The van der Waals surface area contributed by atoms with Crippen LogP contribution in [0.5, 0.6) is 0 Å². The third kappa shape index (κ3) is 6.70. The second-order valence-electron chi connectivity index (χ2n) is 8.76. The second kappa shape index (κ2) is 9.21. The summed E-state index contributed by atoms with van der Waals surface area (Å²) >= 11 is 11.7. The zero-order chi connectivity index (χ0) is 20.2. The summed E-state index contributed by atoms with van der Waals surface area (Å²) in [5, 5.41) is 7.28. The van der Waals surface area contributed by atoms with Gasteiger partial charge >= 0.3 is 0 Å². The number of hydrogen-bond acceptors (Lipinski definition) is 6. The van der Waals surface area contributed by atoms with E-state index >= 15 is 0 Å². The molecule has 27 heavy (non-hydrogen) atoms. The fourth-order valence-electron chi connectivity index (χ4n) is 4.82. The Balaban J connectivity index is 2.10. The van der Waals surface area contributed by atoms with Crippen molar-refractivity contribution in [3.63, 3.8) is 0 Å². The van der Waals surface area contributed by atoms with Gasteiger partial charge in [0.1, 0.15) is 0 Å². The molecule has 1 saturated heterocycles. The van der Waals surface area contributed by atoms with Crippen LogP contribution in [0.2, 0.25) is 10.6 Å². The Morgan fingerprint density at radius 3 is 2.04 bits per heavy atom. The molecule has 1 fully saturated rings. The smallest absolute Gasteiger partial charge is 0.228 e. The molecule has 2 rings (SSSR count). The Hall–Kier alpha value is -0.690. The minimum Gasteiger partial charge on any atom is -0.354 e. The van der Waals surface area contributed by atoms with Gasteiger partial charge in [-0.05, 0) is 89.2 Å². The van der Waals surface area contributed by atoms with Crippen molar-refractivity contribution in [1.82, 2.24) is 25.2 Å². The van der Waals surface area contributed by atoms with E-state index in [1.165, 1.54) is 12.8 Å². The van der Waals surface area contributed by atoms with Crippen LogP contribution in [0.3, 0.4) is 0 Å². The molecule has 0 bridgehead atoms. The summed E-state index contributed by atoms with van der Waals surface area (Å²) < 4.78 is 0. The van der Waals surface area contributed by atoms with Crippen LogP contribution in [0, 0.1) is 5.92 Å². The number of rotatable bonds is 8. The molecule has 1 unspecified atom stereocenters. The Kier molecular flexibility index (Phi) is 7.70. The lowest BCUT2D eigenvalue weighted by molar-refractivity contribution is 0.0533. The molecule has 1 aromatic heterocycles. The van der Waals surface area contributed by atoms with E-state index in [1.54, 1.807) is 0 Å². The molecule has 1 atom stereocenters. The van der Waals surface area contributed by atoms with Crippen LogP contribution in [-0.4, -0.2) is 56.6 Å². The summed E-state index contributed by atoms with van der Waals surface area (Å²) in [5.74, 6) is 1.06. The first-order chi connectivity index (χ1) is 12.5. The highest BCUT2D eigenvalue weighted by molar-refractivity contribution is 6.31. The van der Waals surface area contributed by atoms with Crippen LogP contribution in [0.25, 0.3) is 0 Å². The van der Waals surface area contributed by atoms with E-state index < -0.39 is 0 Å². The first-order valence-corrected chi connectivity index (χ1v) is 10.6. The maximum Gasteiger partial charge on any atom is 0.228 e.